The quantitative estimate of drug-likeness (QED) is 0.0173. The maximum atomic E-state index is 15.0. The molecule has 2 aliphatic rings. The number of likely N-dealkylation sites (tertiary alicyclic amines) is 2. The van der Waals surface area contributed by atoms with Crippen molar-refractivity contribution >= 4 is 93.7 Å². The monoisotopic (exact) mass is 1230 g/mol. The number of para-hydroxylation sites is 1. The third-order valence-corrected chi connectivity index (χ3v) is 14.5. The maximum absolute atomic E-state index is 15.0. The highest BCUT2D eigenvalue weighted by molar-refractivity contribution is 6.00. The van der Waals surface area contributed by atoms with Gasteiger partial charge in [0.25, 0.3) is 0 Å². The third-order valence-electron chi connectivity index (χ3n) is 14.5. The first-order chi connectivity index (χ1) is 41.0. The van der Waals surface area contributed by atoms with Gasteiger partial charge in [0, 0.05) is 56.0 Å². The lowest BCUT2D eigenvalue weighted by molar-refractivity contribution is -0.148. The molecule has 87 heavy (non-hydrogen) atoms. The number of primary amides is 3. The van der Waals surface area contributed by atoms with E-state index in [-0.39, 0.29) is 89.3 Å². The average Bonchev–Trinajstić information content (AvgIpc) is 2.12. The number of hydrogen-bond acceptors (Lipinski definition) is 17. The molecule has 2 saturated heterocycles. The highest BCUT2D eigenvalue weighted by Gasteiger charge is 2.45. The minimum Gasteiger partial charge on any atom is -0.480 e. The molecule has 3 heterocycles. The number of aliphatic hydroxyl groups excluding tert-OH is 2. The summed E-state index contributed by atoms with van der Waals surface area (Å²) in [6.07, 6.45) is -1.49. The fourth-order valence-electron chi connectivity index (χ4n) is 10.0. The summed E-state index contributed by atoms with van der Waals surface area (Å²) in [6.45, 7) is 3.60. The number of aliphatic carboxylic acids is 1. The zero-order valence-electron chi connectivity index (χ0n) is 48.8. The second-order valence-corrected chi connectivity index (χ2v) is 21.9. The fraction of sp³-hybridized carbons (Fsp3) is 0.593. The SMILES string of the molecule is CC(C)C[C@H](NC(=O)[C@@H]1CCCN1C(=O)[C@@H]1CCCN1C(=O)[C@H](Cc1c[nH]c2ccccc12)NC(=O)[C@H](CC(N)=O)NC(=O)[C@H](CO)NC(=O)[C@H](CCCN=C(N)N)NC(=O)[C@H](CCC(N)=O)NC(=O)[C@@H](N)CCC(N)=O)C(=O)N[C@H](C(=O)O)[C@@H](C)O. The zero-order valence-corrected chi connectivity index (χ0v) is 48.8. The summed E-state index contributed by atoms with van der Waals surface area (Å²) < 4.78 is 0. The van der Waals surface area contributed by atoms with Crippen LogP contribution in [0.3, 0.4) is 0 Å². The van der Waals surface area contributed by atoms with E-state index in [1.54, 1.807) is 44.3 Å². The van der Waals surface area contributed by atoms with Gasteiger partial charge in [-0.05, 0) is 82.3 Å². The van der Waals surface area contributed by atoms with Crippen LogP contribution in [0.2, 0.25) is 0 Å². The minimum atomic E-state index is -1.92. The van der Waals surface area contributed by atoms with E-state index in [9.17, 15) is 72.9 Å². The highest BCUT2D eigenvalue weighted by Crippen LogP contribution is 2.28. The Morgan fingerprint density at radius 2 is 1.18 bits per heavy atom. The van der Waals surface area contributed by atoms with Crippen molar-refractivity contribution in [1.29, 1.82) is 0 Å². The summed E-state index contributed by atoms with van der Waals surface area (Å²) >= 11 is 0. The van der Waals surface area contributed by atoms with Crippen LogP contribution < -0.4 is 71.6 Å². The number of carbonyl (C=O) groups excluding carboxylic acids is 12. The number of guanidine groups is 1. The van der Waals surface area contributed by atoms with Crippen molar-refractivity contribution in [3.05, 3.63) is 36.0 Å². The van der Waals surface area contributed by atoms with Crippen LogP contribution >= 0.6 is 0 Å². The van der Waals surface area contributed by atoms with Crippen molar-refractivity contribution in [2.24, 2.45) is 45.3 Å². The lowest BCUT2D eigenvalue weighted by Gasteiger charge is -2.34. The van der Waals surface area contributed by atoms with Crippen molar-refractivity contribution in [2.45, 2.75) is 171 Å². The van der Waals surface area contributed by atoms with Gasteiger partial charge in [-0.1, -0.05) is 32.0 Å². The number of nitrogens with zero attached hydrogens (tertiary/aromatic N) is 3. The van der Waals surface area contributed by atoms with Crippen LogP contribution in [0.1, 0.15) is 103 Å². The Morgan fingerprint density at radius 3 is 1.78 bits per heavy atom. The molecule has 23 N–H and O–H groups in total. The fourth-order valence-corrected chi connectivity index (χ4v) is 10.0. The van der Waals surface area contributed by atoms with Crippen LogP contribution in [0, 0.1) is 5.92 Å². The van der Waals surface area contributed by atoms with Crippen molar-refractivity contribution in [1.82, 2.24) is 52.0 Å². The predicted octanol–water partition coefficient (Wildman–Crippen LogP) is -6.62. The van der Waals surface area contributed by atoms with E-state index in [2.05, 4.69) is 47.2 Å². The van der Waals surface area contributed by atoms with Gasteiger partial charge in [0.15, 0.2) is 12.0 Å². The number of aliphatic imine (C=N–C) groups is 1. The van der Waals surface area contributed by atoms with Gasteiger partial charge < -0.3 is 102 Å². The number of aromatic nitrogens is 1. The van der Waals surface area contributed by atoms with Crippen molar-refractivity contribution < 1.29 is 77.6 Å². The number of rotatable bonds is 35. The summed E-state index contributed by atoms with van der Waals surface area (Å²) in [5.74, 6) is -13.2. The van der Waals surface area contributed by atoms with Gasteiger partial charge in [-0.15, -0.1) is 0 Å². The zero-order chi connectivity index (χ0) is 64.8. The number of fused-ring (bicyclic) bond motifs is 1. The molecule has 2 fully saturated rings. The minimum absolute atomic E-state index is 0.00909. The van der Waals surface area contributed by atoms with Gasteiger partial charge in [-0.25, -0.2) is 4.79 Å². The molecule has 1 aromatic heterocycles. The summed E-state index contributed by atoms with van der Waals surface area (Å²) in [5, 5.41) is 47.6. The van der Waals surface area contributed by atoms with Crippen LogP contribution in [0.15, 0.2) is 35.5 Å². The van der Waals surface area contributed by atoms with E-state index >= 15 is 4.79 Å². The van der Waals surface area contributed by atoms with Crippen LogP contribution in [0.5, 0.6) is 0 Å². The molecule has 0 spiro atoms. The number of aliphatic hydroxyl groups is 2. The average molecular weight is 1230 g/mol. The number of H-pyrrole nitrogens is 1. The number of carboxylic acid groups (broad SMARTS) is 1. The lowest BCUT2D eigenvalue weighted by Crippen LogP contribution is -2.61. The number of benzene rings is 1. The smallest absolute Gasteiger partial charge is 0.328 e. The molecule has 33 heteroatoms. The first-order valence-corrected chi connectivity index (χ1v) is 28.5. The Morgan fingerprint density at radius 1 is 0.644 bits per heavy atom. The van der Waals surface area contributed by atoms with E-state index in [1.165, 1.54) is 16.7 Å². The normalized spacial score (nSPS) is 17.8. The Balaban J connectivity index is 1.60. The third kappa shape index (κ3) is 21.5. The van der Waals surface area contributed by atoms with E-state index in [0.717, 1.165) is 0 Å². The lowest BCUT2D eigenvalue weighted by atomic mass is 10.0. The maximum Gasteiger partial charge on any atom is 0.328 e. The molecule has 33 nitrogen and oxygen atoms in total. The second kappa shape index (κ2) is 33.6. The Hall–Kier alpha value is -8.98. The van der Waals surface area contributed by atoms with Gasteiger partial charge in [-0.3, -0.25) is 62.5 Å². The number of amides is 12. The molecule has 0 bridgehead atoms. The van der Waals surface area contributed by atoms with Crippen molar-refractivity contribution in [2.75, 3.05) is 26.2 Å². The first kappa shape index (κ1) is 70.5. The molecule has 480 valence electrons. The van der Waals surface area contributed by atoms with E-state index in [0.29, 0.717) is 29.3 Å². The van der Waals surface area contributed by atoms with Gasteiger partial charge in [0.05, 0.1) is 25.2 Å². The molecule has 0 radical (unpaired) electrons. The van der Waals surface area contributed by atoms with Gasteiger partial charge in [0.2, 0.25) is 70.9 Å². The largest absolute Gasteiger partial charge is 0.480 e. The standard InChI is InChI=1S/C54H83N17O16/c1-26(2)21-34(48(81)69-43(27(3)73)53(86)87)66-50(83)38-12-7-19-70(38)52(85)39-13-8-20-71(39)51(84)36(22-28-24-62-31-10-5-4-9-29(28)31)67-47(80)35(23-42(58)76)65-49(82)37(25-72)68-45(78)32(11-6-18-61-54(59)60)64-46(79)33(15-17-41(57)75)63-44(77)30(55)14-16-40(56)74/h4-5,9-10,24,26-27,30,32-39,43,62,72-73H,6-8,11-23,25,55H2,1-3H3,(H2,56,74)(H2,57,75)(H2,58,76)(H,63,77)(H,64,79)(H,65,82)(H,66,83)(H,67,80)(H,68,78)(H,69,81)(H,86,87)(H4,59,60,61)/t27-,30+,32+,33+,34+,35+,36+,37+,38+,39+,43+/m1/s1. The van der Waals surface area contributed by atoms with Crippen molar-refractivity contribution in [3.63, 3.8) is 0 Å². The first-order valence-electron chi connectivity index (χ1n) is 28.5. The topological polar surface area (TPSA) is 558 Å². The molecule has 4 rings (SSSR count). The molecule has 0 aliphatic carbocycles. The van der Waals surface area contributed by atoms with Crippen LogP contribution in [0.25, 0.3) is 10.9 Å². The molecule has 2 aliphatic heterocycles. The predicted molar refractivity (Wildman–Crippen MR) is 309 cm³/mol. The summed E-state index contributed by atoms with van der Waals surface area (Å²) in [4.78, 5) is 183. The number of aromatic amines is 1. The molecule has 0 unspecified atom stereocenters. The molecule has 0 saturated carbocycles. The highest BCUT2D eigenvalue weighted by atomic mass is 16.4. The number of nitrogens with two attached hydrogens (primary N) is 6. The number of carboxylic acids is 1. The summed E-state index contributed by atoms with van der Waals surface area (Å²) in [7, 11) is 0. The van der Waals surface area contributed by atoms with E-state index < -0.39 is 163 Å². The second-order valence-electron chi connectivity index (χ2n) is 21.9. The number of carbonyl (C=O) groups is 13. The Bertz CT molecular complexity index is 2860. The summed E-state index contributed by atoms with van der Waals surface area (Å²) in [6, 6.07) is -7.98. The van der Waals surface area contributed by atoms with Gasteiger partial charge >= 0.3 is 5.97 Å². The van der Waals surface area contributed by atoms with Crippen LogP contribution in [-0.2, 0) is 68.7 Å². The molecular formula is C54H83N17O16. The molecule has 2 aromatic rings. The molecule has 12 amide bonds. The van der Waals surface area contributed by atoms with Gasteiger partial charge in [-0.2, -0.15) is 0 Å². The molecule has 11 atom stereocenters. The van der Waals surface area contributed by atoms with E-state index in [1.807, 2.05) is 0 Å². The van der Waals surface area contributed by atoms with Crippen LogP contribution in [-0.4, -0.2) is 206 Å². The van der Waals surface area contributed by atoms with E-state index in [4.69, 9.17) is 34.4 Å². The number of nitrogens with one attached hydrogen (secondary N) is 8. The molecule has 1 aromatic carbocycles. The van der Waals surface area contributed by atoms with Crippen molar-refractivity contribution in [3.8, 4) is 0 Å². The number of hydrogen-bond donors (Lipinski definition) is 17. The van der Waals surface area contributed by atoms with Gasteiger partial charge in [0.1, 0.15) is 48.3 Å². The molecular weight excluding hydrogens is 1140 g/mol. The van der Waals surface area contributed by atoms with Crippen LogP contribution in [0.4, 0.5) is 0 Å². The Kier molecular flexibility index (Phi) is 27.3. The summed E-state index contributed by atoms with van der Waals surface area (Å²) in [5.41, 5.74) is 34.0. The Labute approximate surface area is 500 Å².